The smallest absolute Gasteiger partial charge is 0.253 e. The molecule has 0 saturated carbocycles. The topological polar surface area (TPSA) is 101 Å². The number of carbonyl (C=O) groups excluding carboxylic acids is 1. The molecule has 0 saturated heterocycles. The molecule has 0 aliphatic carbocycles. The van der Waals surface area contributed by atoms with Crippen molar-refractivity contribution in [3.8, 4) is 11.8 Å². The van der Waals surface area contributed by atoms with Gasteiger partial charge in [-0.3, -0.25) is 9.36 Å². The average Bonchev–Trinajstić information content (AvgIpc) is 3.25. The standard InChI is InChI=1S/C22H20FN7OS/c1-12-8-13(2)30-21(25-12)27-22(28-30)32-11-19(31)26-20-18(10-24)14(3)15(4)29(20)17-7-5-6-16(23)9-17/h5-9H,11H2,1-4H3,(H,26,31). The van der Waals surface area contributed by atoms with Crippen LogP contribution in [0.5, 0.6) is 0 Å². The van der Waals surface area contributed by atoms with Crippen molar-refractivity contribution in [1.29, 1.82) is 5.26 Å². The Morgan fingerprint density at radius 2 is 2.00 bits per heavy atom. The van der Waals surface area contributed by atoms with Gasteiger partial charge in [0.15, 0.2) is 0 Å². The molecule has 0 bridgehead atoms. The van der Waals surface area contributed by atoms with Crippen molar-refractivity contribution in [2.45, 2.75) is 32.9 Å². The van der Waals surface area contributed by atoms with Crippen LogP contribution in [0.2, 0.25) is 0 Å². The monoisotopic (exact) mass is 449 g/mol. The Morgan fingerprint density at radius 3 is 2.72 bits per heavy atom. The molecule has 1 N–H and O–H groups in total. The third-order valence-corrected chi connectivity index (χ3v) is 5.92. The number of carbonyl (C=O) groups is 1. The van der Waals surface area contributed by atoms with Crippen LogP contribution in [0.25, 0.3) is 11.5 Å². The fourth-order valence-corrected chi connectivity index (χ4v) is 4.12. The highest BCUT2D eigenvalue weighted by molar-refractivity contribution is 7.99. The van der Waals surface area contributed by atoms with Crippen molar-refractivity contribution in [3.63, 3.8) is 0 Å². The van der Waals surface area contributed by atoms with Crippen LogP contribution in [0.3, 0.4) is 0 Å². The molecule has 162 valence electrons. The van der Waals surface area contributed by atoms with Crippen LogP contribution in [-0.4, -0.2) is 35.8 Å². The molecule has 0 aliphatic rings. The molecule has 1 aromatic carbocycles. The summed E-state index contributed by atoms with van der Waals surface area (Å²) in [5, 5.41) is 17.3. The summed E-state index contributed by atoms with van der Waals surface area (Å²) in [6, 6.07) is 10.0. The molecule has 0 aliphatic heterocycles. The van der Waals surface area contributed by atoms with E-state index in [1.54, 1.807) is 28.1 Å². The minimum Gasteiger partial charge on any atom is -0.310 e. The summed E-state index contributed by atoms with van der Waals surface area (Å²) in [6.45, 7) is 7.41. The van der Waals surface area contributed by atoms with Crippen LogP contribution in [0.1, 0.15) is 28.2 Å². The van der Waals surface area contributed by atoms with Crippen molar-refractivity contribution >= 4 is 29.3 Å². The van der Waals surface area contributed by atoms with Gasteiger partial charge in [-0.15, -0.1) is 5.10 Å². The summed E-state index contributed by atoms with van der Waals surface area (Å²) >= 11 is 1.17. The highest BCUT2D eigenvalue weighted by atomic mass is 32.2. The number of thioether (sulfide) groups is 1. The van der Waals surface area contributed by atoms with Gasteiger partial charge in [0, 0.05) is 17.1 Å². The second kappa shape index (κ2) is 8.43. The van der Waals surface area contributed by atoms with E-state index < -0.39 is 5.82 Å². The fraction of sp³-hybridized carbons (Fsp3) is 0.227. The van der Waals surface area contributed by atoms with E-state index in [-0.39, 0.29) is 11.7 Å². The lowest BCUT2D eigenvalue weighted by molar-refractivity contribution is -0.113. The minimum absolute atomic E-state index is 0.0339. The molecule has 0 spiro atoms. The molecule has 10 heteroatoms. The lowest BCUT2D eigenvalue weighted by atomic mass is 10.2. The van der Waals surface area contributed by atoms with Gasteiger partial charge in [-0.1, -0.05) is 17.8 Å². The fourth-order valence-electron chi connectivity index (χ4n) is 3.51. The quantitative estimate of drug-likeness (QED) is 0.464. The van der Waals surface area contributed by atoms with Gasteiger partial charge in [-0.2, -0.15) is 10.2 Å². The molecular formula is C22H20FN7OS. The Bertz CT molecular complexity index is 1400. The molecule has 4 aromatic rings. The first-order chi connectivity index (χ1) is 15.3. The van der Waals surface area contributed by atoms with E-state index in [0.717, 1.165) is 22.6 Å². The second-order valence-corrected chi connectivity index (χ2v) is 8.29. The van der Waals surface area contributed by atoms with Gasteiger partial charge in [0.05, 0.1) is 17.0 Å². The van der Waals surface area contributed by atoms with Crippen LogP contribution < -0.4 is 5.32 Å². The summed E-state index contributed by atoms with van der Waals surface area (Å²) in [5.41, 5.74) is 4.06. The number of hydrogen-bond donors (Lipinski definition) is 1. The first kappa shape index (κ1) is 21.5. The largest absolute Gasteiger partial charge is 0.310 e. The van der Waals surface area contributed by atoms with Crippen molar-refractivity contribution in [2.24, 2.45) is 0 Å². The number of aryl methyl sites for hydroxylation is 2. The summed E-state index contributed by atoms with van der Waals surface area (Å²) in [5.74, 6) is 0.0860. The van der Waals surface area contributed by atoms with E-state index in [1.807, 2.05) is 26.8 Å². The summed E-state index contributed by atoms with van der Waals surface area (Å²) in [6.07, 6.45) is 0. The Labute approximate surface area is 188 Å². The highest BCUT2D eigenvalue weighted by Gasteiger charge is 2.21. The maximum absolute atomic E-state index is 13.8. The van der Waals surface area contributed by atoms with Gasteiger partial charge in [-0.05, 0) is 57.5 Å². The number of rotatable bonds is 5. The summed E-state index contributed by atoms with van der Waals surface area (Å²) in [4.78, 5) is 21.5. The van der Waals surface area contributed by atoms with E-state index in [9.17, 15) is 14.4 Å². The number of nitriles is 1. The number of amides is 1. The van der Waals surface area contributed by atoms with Crippen LogP contribution in [0, 0.1) is 44.8 Å². The number of nitrogens with zero attached hydrogens (tertiary/aromatic N) is 6. The van der Waals surface area contributed by atoms with Gasteiger partial charge in [0.1, 0.15) is 17.7 Å². The van der Waals surface area contributed by atoms with E-state index in [0.29, 0.717) is 28.0 Å². The molecular weight excluding hydrogens is 429 g/mol. The molecule has 4 rings (SSSR count). The number of benzene rings is 1. The third-order valence-electron chi connectivity index (χ3n) is 5.08. The average molecular weight is 450 g/mol. The van der Waals surface area contributed by atoms with Crippen LogP contribution in [0.15, 0.2) is 35.5 Å². The lowest BCUT2D eigenvalue weighted by Crippen LogP contribution is -2.18. The van der Waals surface area contributed by atoms with Crippen molar-refractivity contribution in [1.82, 2.24) is 24.1 Å². The number of halogens is 1. The number of nitrogens with one attached hydrogen (secondary N) is 1. The van der Waals surface area contributed by atoms with Crippen LogP contribution in [-0.2, 0) is 4.79 Å². The number of fused-ring (bicyclic) bond motifs is 1. The van der Waals surface area contributed by atoms with Crippen LogP contribution in [0.4, 0.5) is 10.2 Å². The Morgan fingerprint density at radius 1 is 1.22 bits per heavy atom. The van der Waals surface area contributed by atoms with Gasteiger partial charge >= 0.3 is 0 Å². The molecule has 3 heterocycles. The SMILES string of the molecule is Cc1cc(C)n2nc(SCC(=O)Nc3c(C#N)c(C)c(C)n3-c3cccc(F)c3)nc2n1. The zero-order chi connectivity index (χ0) is 23.0. The predicted octanol–water partition coefficient (Wildman–Crippen LogP) is 3.89. The van der Waals surface area contributed by atoms with E-state index in [4.69, 9.17) is 0 Å². The van der Waals surface area contributed by atoms with Gasteiger partial charge < -0.3 is 5.32 Å². The van der Waals surface area contributed by atoms with Gasteiger partial charge in [0.25, 0.3) is 5.78 Å². The highest BCUT2D eigenvalue weighted by Crippen LogP contribution is 2.30. The molecule has 0 atom stereocenters. The number of hydrogen-bond acceptors (Lipinski definition) is 6. The normalized spacial score (nSPS) is 11.0. The molecule has 1 amide bonds. The van der Waals surface area contributed by atoms with Crippen LogP contribution >= 0.6 is 11.8 Å². The second-order valence-electron chi connectivity index (χ2n) is 7.34. The Hall–Kier alpha value is -3.71. The van der Waals surface area contributed by atoms with Crippen molar-refractivity contribution in [2.75, 3.05) is 11.1 Å². The summed E-state index contributed by atoms with van der Waals surface area (Å²) in [7, 11) is 0. The summed E-state index contributed by atoms with van der Waals surface area (Å²) < 4.78 is 17.1. The first-order valence-electron chi connectivity index (χ1n) is 9.80. The molecule has 3 aromatic heterocycles. The van der Waals surface area contributed by atoms with E-state index in [1.165, 1.54) is 23.9 Å². The van der Waals surface area contributed by atoms with Crippen molar-refractivity contribution in [3.05, 3.63) is 64.4 Å². The van der Waals surface area contributed by atoms with Gasteiger partial charge in [0.2, 0.25) is 11.1 Å². The Balaban J connectivity index is 1.59. The lowest BCUT2D eigenvalue weighted by Gasteiger charge is -2.13. The third kappa shape index (κ3) is 3.94. The predicted molar refractivity (Wildman–Crippen MR) is 120 cm³/mol. The molecule has 0 radical (unpaired) electrons. The molecule has 8 nitrogen and oxygen atoms in total. The van der Waals surface area contributed by atoms with E-state index in [2.05, 4.69) is 26.5 Å². The maximum Gasteiger partial charge on any atom is 0.253 e. The molecule has 0 fully saturated rings. The Kier molecular flexibility index (Phi) is 5.67. The van der Waals surface area contributed by atoms with Gasteiger partial charge in [-0.25, -0.2) is 13.9 Å². The van der Waals surface area contributed by atoms with E-state index >= 15 is 0 Å². The number of aromatic nitrogens is 5. The first-order valence-corrected chi connectivity index (χ1v) is 10.8. The molecule has 32 heavy (non-hydrogen) atoms. The number of anilines is 1. The molecule has 0 unspecified atom stereocenters. The zero-order valence-electron chi connectivity index (χ0n) is 18.0. The zero-order valence-corrected chi connectivity index (χ0v) is 18.8. The maximum atomic E-state index is 13.8. The van der Waals surface area contributed by atoms with Crippen molar-refractivity contribution < 1.29 is 9.18 Å². The minimum atomic E-state index is -0.406.